The van der Waals surface area contributed by atoms with Crippen LogP contribution in [-0.4, -0.2) is 31.3 Å². The van der Waals surface area contributed by atoms with Crippen molar-refractivity contribution in [3.8, 4) is 0 Å². The molecule has 1 aliphatic rings. The fraction of sp³-hybridized carbons (Fsp3) is 0.875. The number of carbonyl (C=O) groups is 1. The van der Waals surface area contributed by atoms with Crippen LogP contribution in [0.3, 0.4) is 0 Å². The van der Waals surface area contributed by atoms with E-state index in [9.17, 15) is 4.79 Å². The van der Waals surface area contributed by atoms with E-state index in [1.54, 1.807) is 6.92 Å². The van der Waals surface area contributed by atoms with E-state index in [4.69, 9.17) is 15.2 Å². The van der Waals surface area contributed by atoms with Gasteiger partial charge in [-0.1, -0.05) is 0 Å². The molecule has 2 atom stereocenters. The molecule has 70 valence electrons. The Labute approximate surface area is 72.0 Å². The Kier molecular flexibility index (Phi) is 3.49. The normalized spacial score (nSPS) is 25.3. The van der Waals surface area contributed by atoms with Crippen LogP contribution in [0.1, 0.15) is 19.8 Å². The maximum Gasteiger partial charge on any atom is 0.325 e. The minimum absolute atomic E-state index is 0.135. The van der Waals surface area contributed by atoms with Gasteiger partial charge in [0.1, 0.15) is 6.04 Å². The van der Waals surface area contributed by atoms with Gasteiger partial charge in [-0.25, -0.2) is 0 Å². The van der Waals surface area contributed by atoms with E-state index in [0.29, 0.717) is 13.2 Å². The molecule has 1 saturated heterocycles. The van der Waals surface area contributed by atoms with Crippen molar-refractivity contribution in [3.63, 3.8) is 0 Å². The average Bonchev–Trinajstić information content (AvgIpc) is 2.55. The van der Waals surface area contributed by atoms with E-state index < -0.39 is 6.04 Å². The number of carbonyl (C=O) groups excluding carboxylic acids is 1. The molecule has 2 N–H and O–H groups in total. The second kappa shape index (κ2) is 4.42. The molecule has 1 aliphatic heterocycles. The van der Waals surface area contributed by atoms with Crippen molar-refractivity contribution < 1.29 is 14.3 Å². The van der Waals surface area contributed by atoms with Gasteiger partial charge in [0, 0.05) is 6.61 Å². The molecule has 1 rings (SSSR count). The molecule has 0 aliphatic carbocycles. The van der Waals surface area contributed by atoms with Crippen LogP contribution < -0.4 is 5.73 Å². The highest BCUT2D eigenvalue weighted by atomic mass is 16.5. The molecule has 1 fully saturated rings. The average molecular weight is 173 g/mol. The topological polar surface area (TPSA) is 61.5 Å². The summed E-state index contributed by atoms with van der Waals surface area (Å²) >= 11 is 0. The molecule has 0 aromatic rings. The summed E-state index contributed by atoms with van der Waals surface area (Å²) in [7, 11) is 0. The summed E-state index contributed by atoms with van der Waals surface area (Å²) in [5.41, 5.74) is 5.61. The number of esters is 1. The smallest absolute Gasteiger partial charge is 0.325 e. The first-order chi connectivity index (χ1) is 5.75. The van der Waals surface area contributed by atoms with E-state index in [0.717, 1.165) is 12.8 Å². The molecule has 0 amide bonds. The Balaban J connectivity index is 2.34. The predicted molar refractivity (Wildman–Crippen MR) is 43.6 cm³/mol. The van der Waals surface area contributed by atoms with Crippen molar-refractivity contribution in [2.24, 2.45) is 5.73 Å². The zero-order chi connectivity index (χ0) is 8.97. The molecule has 0 aromatic carbocycles. The highest BCUT2D eigenvalue weighted by Gasteiger charge is 2.29. The quantitative estimate of drug-likeness (QED) is 0.613. The van der Waals surface area contributed by atoms with Gasteiger partial charge in [-0.05, 0) is 19.8 Å². The zero-order valence-corrected chi connectivity index (χ0v) is 7.29. The standard InChI is InChI=1S/C8H15NO3/c1-2-11-8(10)7(9)6-4-3-5-12-6/h6-7H,2-5,9H2,1H3. The van der Waals surface area contributed by atoms with Gasteiger partial charge in [0.25, 0.3) is 0 Å². The van der Waals surface area contributed by atoms with E-state index in [1.807, 2.05) is 0 Å². The number of ether oxygens (including phenoxy) is 2. The number of rotatable bonds is 3. The van der Waals surface area contributed by atoms with Crippen LogP contribution in [-0.2, 0) is 14.3 Å². The third kappa shape index (κ3) is 2.19. The third-order valence-electron chi connectivity index (χ3n) is 1.92. The Morgan fingerprint density at radius 3 is 3.08 bits per heavy atom. The zero-order valence-electron chi connectivity index (χ0n) is 7.29. The van der Waals surface area contributed by atoms with Crippen LogP contribution in [0.4, 0.5) is 0 Å². The Morgan fingerprint density at radius 2 is 2.58 bits per heavy atom. The van der Waals surface area contributed by atoms with Gasteiger partial charge in [-0.3, -0.25) is 4.79 Å². The largest absolute Gasteiger partial charge is 0.465 e. The summed E-state index contributed by atoms with van der Waals surface area (Å²) in [6, 6.07) is -0.604. The predicted octanol–water partition coefficient (Wildman–Crippen LogP) is 0.0558. The van der Waals surface area contributed by atoms with Crippen molar-refractivity contribution in [2.45, 2.75) is 31.9 Å². The summed E-state index contributed by atoms with van der Waals surface area (Å²) in [6.45, 7) is 2.84. The fourth-order valence-corrected chi connectivity index (χ4v) is 1.28. The van der Waals surface area contributed by atoms with Crippen molar-refractivity contribution in [3.05, 3.63) is 0 Å². The number of hydrogen-bond donors (Lipinski definition) is 1. The lowest BCUT2D eigenvalue weighted by atomic mass is 10.1. The van der Waals surface area contributed by atoms with E-state index in [2.05, 4.69) is 0 Å². The summed E-state index contributed by atoms with van der Waals surface area (Å²) in [5.74, 6) is -0.357. The number of nitrogens with two attached hydrogens (primary N) is 1. The minimum atomic E-state index is -0.604. The van der Waals surface area contributed by atoms with Gasteiger partial charge in [-0.15, -0.1) is 0 Å². The lowest BCUT2D eigenvalue weighted by Crippen LogP contribution is -2.42. The molecular weight excluding hydrogens is 158 g/mol. The van der Waals surface area contributed by atoms with Crippen LogP contribution in [0.15, 0.2) is 0 Å². The van der Waals surface area contributed by atoms with Crippen LogP contribution in [0.25, 0.3) is 0 Å². The summed E-state index contributed by atoms with van der Waals surface area (Å²) in [4.78, 5) is 11.1. The monoisotopic (exact) mass is 173 g/mol. The van der Waals surface area contributed by atoms with Crippen LogP contribution in [0, 0.1) is 0 Å². The summed E-state index contributed by atoms with van der Waals surface area (Å²) < 4.78 is 10.0. The lowest BCUT2D eigenvalue weighted by molar-refractivity contribution is -0.147. The van der Waals surface area contributed by atoms with E-state index in [1.165, 1.54) is 0 Å². The van der Waals surface area contributed by atoms with Gasteiger partial charge < -0.3 is 15.2 Å². The van der Waals surface area contributed by atoms with E-state index in [-0.39, 0.29) is 12.1 Å². The fourth-order valence-electron chi connectivity index (χ4n) is 1.28. The summed E-state index contributed by atoms with van der Waals surface area (Å²) in [5, 5.41) is 0. The molecule has 0 aromatic heterocycles. The van der Waals surface area contributed by atoms with Gasteiger partial charge in [0.2, 0.25) is 0 Å². The lowest BCUT2D eigenvalue weighted by Gasteiger charge is -2.16. The van der Waals surface area contributed by atoms with Gasteiger partial charge in [0.15, 0.2) is 0 Å². The molecule has 0 saturated carbocycles. The van der Waals surface area contributed by atoms with E-state index >= 15 is 0 Å². The number of hydrogen-bond acceptors (Lipinski definition) is 4. The first-order valence-electron chi connectivity index (χ1n) is 4.29. The maximum atomic E-state index is 11.1. The molecule has 2 unspecified atom stereocenters. The SMILES string of the molecule is CCOC(=O)C(N)C1CCCO1. The Morgan fingerprint density at radius 1 is 1.83 bits per heavy atom. The van der Waals surface area contributed by atoms with Crippen molar-refractivity contribution in [1.29, 1.82) is 0 Å². The Hall–Kier alpha value is -0.610. The molecule has 4 heteroatoms. The maximum absolute atomic E-state index is 11.1. The molecule has 0 radical (unpaired) electrons. The second-order valence-corrected chi connectivity index (χ2v) is 2.83. The molecule has 0 spiro atoms. The van der Waals surface area contributed by atoms with Gasteiger partial charge in [0.05, 0.1) is 12.7 Å². The highest BCUT2D eigenvalue weighted by Crippen LogP contribution is 2.14. The summed E-state index contributed by atoms with van der Waals surface area (Å²) in [6.07, 6.45) is 1.71. The molecule has 1 heterocycles. The van der Waals surface area contributed by atoms with Crippen LogP contribution in [0.2, 0.25) is 0 Å². The first kappa shape index (κ1) is 9.48. The van der Waals surface area contributed by atoms with Crippen LogP contribution >= 0.6 is 0 Å². The van der Waals surface area contributed by atoms with Crippen molar-refractivity contribution >= 4 is 5.97 Å². The van der Waals surface area contributed by atoms with Crippen molar-refractivity contribution in [2.75, 3.05) is 13.2 Å². The van der Waals surface area contributed by atoms with Crippen molar-refractivity contribution in [1.82, 2.24) is 0 Å². The van der Waals surface area contributed by atoms with Gasteiger partial charge in [-0.2, -0.15) is 0 Å². The third-order valence-corrected chi connectivity index (χ3v) is 1.92. The molecule has 12 heavy (non-hydrogen) atoms. The second-order valence-electron chi connectivity index (χ2n) is 2.83. The minimum Gasteiger partial charge on any atom is -0.465 e. The highest BCUT2D eigenvalue weighted by molar-refractivity contribution is 5.76. The molecular formula is C8H15NO3. The Bertz CT molecular complexity index is 154. The molecule has 0 bridgehead atoms. The molecule has 4 nitrogen and oxygen atoms in total. The first-order valence-corrected chi connectivity index (χ1v) is 4.29. The van der Waals surface area contributed by atoms with Crippen LogP contribution in [0.5, 0.6) is 0 Å². The van der Waals surface area contributed by atoms with Gasteiger partial charge >= 0.3 is 5.97 Å².